The molecule has 1 aromatic carbocycles. The van der Waals surface area contributed by atoms with E-state index in [1.165, 1.54) is 6.08 Å². The summed E-state index contributed by atoms with van der Waals surface area (Å²) in [6, 6.07) is 6.36. The Hall–Kier alpha value is -3.73. The zero-order chi connectivity index (χ0) is 21.6. The number of anilines is 1. The highest BCUT2D eigenvalue weighted by Gasteiger charge is 2.46. The van der Waals surface area contributed by atoms with Crippen molar-refractivity contribution in [3.63, 3.8) is 0 Å². The third kappa shape index (κ3) is 3.05. The van der Waals surface area contributed by atoms with Crippen LogP contribution in [0, 0.1) is 23.7 Å². The van der Waals surface area contributed by atoms with E-state index in [4.69, 9.17) is 0 Å². The third-order valence-corrected chi connectivity index (χ3v) is 6.67. The standard InChI is InChI=1S/C23H23N7O/c1-3-19(31)30-12-23(13-30)6-8-29(9-7-23)22-16(10-24)21(25-14-26-22)20-15(2)4-5-18-17(20)11-27-28-18/h3-5,11,14H,1,6-9,12-13H2,2H3,(H,27,28). The molecule has 31 heavy (non-hydrogen) atoms. The van der Waals surface area contributed by atoms with Gasteiger partial charge in [-0.2, -0.15) is 10.4 Å². The van der Waals surface area contributed by atoms with E-state index in [0.717, 1.165) is 61.1 Å². The number of carbonyl (C=O) groups is 1. The number of fused-ring (bicyclic) bond motifs is 1. The molecule has 0 unspecified atom stereocenters. The number of aryl methyl sites for hydroxylation is 1. The number of aromatic amines is 1. The van der Waals surface area contributed by atoms with Crippen molar-refractivity contribution in [2.24, 2.45) is 5.41 Å². The molecule has 0 aliphatic carbocycles. The second-order valence-electron chi connectivity index (χ2n) is 8.51. The average Bonchev–Trinajstić information content (AvgIpc) is 3.25. The van der Waals surface area contributed by atoms with Crippen molar-refractivity contribution in [1.82, 2.24) is 25.1 Å². The molecule has 0 radical (unpaired) electrons. The summed E-state index contributed by atoms with van der Waals surface area (Å²) in [5.74, 6) is 0.685. The van der Waals surface area contributed by atoms with Crippen LogP contribution in [0.5, 0.6) is 0 Å². The van der Waals surface area contributed by atoms with Crippen LogP contribution >= 0.6 is 0 Å². The largest absolute Gasteiger partial charge is 0.355 e. The molecule has 8 heteroatoms. The van der Waals surface area contributed by atoms with Crippen LogP contribution in [0.4, 0.5) is 5.82 Å². The molecule has 1 spiro atoms. The predicted molar refractivity (Wildman–Crippen MR) is 117 cm³/mol. The minimum absolute atomic E-state index is 0.00376. The van der Waals surface area contributed by atoms with E-state index in [1.54, 1.807) is 12.5 Å². The molecule has 2 fully saturated rings. The summed E-state index contributed by atoms with van der Waals surface area (Å²) >= 11 is 0. The predicted octanol–water partition coefficient (Wildman–Crippen LogP) is 2.81. The molecule has 2 aromatic heterocycles. The lowest BCUT2D eigenvalue weighted by Crippen LogP contribution is -2.61. The van der Waals surface area contributed by atoms with Crippen molar-refractivity contribution in [2.75, 3.05) is 31.1 Å². The molecular weight excluding hydrogens is 390 g/mol. The van der Waals surface area contributed by atoms with Crippen molar-refractivity contribution in [3.05, 3.63) is 48.4 Å². The fraction of sp³-hybridized carbons (Fsp3) is 0.348. The lowest BCUT2D eigenvalue weighted by Gasteiger charge is -2.53. The van der Waals surface area contributed by atoms with Crippen molar-refractivity contribution in [3.8, 4) is 17.3 Å². The Balaban J connectivity index is 1.44. The first-order valence-electron chi connectivity index (χ1n) is 10.4. The highest BCUT2D eigenvalue weighted by Crippen LogP contribution is 2.42. The molecule has 1 N–H and O–H groups in total. The van der Waals surface area contributed by atoms with Crippen molar-refractivity contribution < 1.29 is 4.79 Å². The summed E-state index contributed by atoms with van der Waals surface area (Å²) in [7, 11) is 0. The molecular formula is C23H23N7O. The number of nitrogens with zero attached hydrogens (tertiary/aromatic N) is 6. The van der Waals surface area contributed by atoms with Crippen LogP contribution in [0.1, 0.15) is 24.0 Å². The number of aromatic nitrogens is 4. The lowest BCUT2D eigenvalue weighted by molar-refractivity contribution is -0.139. The maximum atomic E-state index is 11.8. The number of hydrogen-bond acceptors (Lipinski definition) is 6. The van der Waals surface area contributed by atoms with Gasteiger partial charge in [0.2, 0.25) is 5.91 Å². The number of benzene rings is 1. The van der Waals surface area contributed by atoms with Gasteiger partial charge in [0.25, 0.3) is 0 Å². The van der Waals surface area contributed by atoms with Gasteiger partial charge in [-0.05, 0) is 37.5 Å². The number of amides is 1. The molecule has 5 rings (SSSR count). The van der Waals surface area contributed by atoms with Crippen LogP contribution in [0.3, 0.4) is 0 Å². The van der Waals surface area contributed by atoms with Gasteiger partial charge in [0.15, 0.2) is 5.82 Å². The minimum Gasteiger partial charge on any atom is -0.355 e. The number of rotatable bonds is 3. The second kappa shape index (κ2) is 7.20. The Morgan fingerprint density at radius 2 is 2.06 bits per heavy atom. The monoisotopic (exact) mass is 413 g/mol. The van der Waals surface area contributed by atoms with Crippen LogP contribution in [0.2, 0.25) is 0 Å². The lowest BCUT2D eigenvalue weighted by atomic mass is 9.72. The summed E-state index contributed by atoms with van der Waals surface area (Å²) in [6.07, 6.45) is 6.63. The maximum absolute atomic E-state index is 11.8. The average molecular weight is 413 g/mol. The topological polar surface area (TPSA) is 102 Å². The van der Waals surface area contributed by atoms with Crippen molar-refractivity contribution in [2.45, 2.75) is 19.8 Å². The first-order valence-corrected chi connectivity index (χ1v) is 10.4. The van der Waals surface area contributed by atoms with Crippen LogP contribution in [0.15, 0.2) is 37.3 Å². The first kappa shape index (κ1) is 19.2. The van der Waals surface area contributed by atoms with Crippen molar-refractivity contribution >= 4 is 22.6 Å². The molecule has 156 valence electrons. The Kier molecular flexibility index (Phi) is 4.47. The molecule has 0 saturated carbocycles. The van der Waals surface area contributed by atoms with Gasteiger partial charge in [0.05, 0.1) is 17.4 Å². The Labute approximate surface area is 180 Å². The van der Waals surface area contributed by atoms with Crippen LogP contribution in [-0.4, -0.2) is 57.2 Å². The Morgan fingerprint density at radius 3 is 2.77 bits per heavy atom. The van der Waals surface area contributed by atoms with Gasteiger partial charge in [-0.25, -0.2) is 9.97 Å². The quantitative estimate of drug-likeness (QED) is 0.663. The Morgan fingerprint density at radius 1 is 1.29 bits per heavy atom. The highest BCUT2D eigenvalue weighted by molar-refractivity contribution is 5.97. The second-order valence-corrected chi connectivity index (χ2v) is 8.51. The van der Waals surface area contributed by atoms with E-state index in [1.807, 2.05) is 24.0 Å². The molecule has 8 nitrogen and oxygen atoms in total. The smallest absolute Gasteiger partial charge is 0.245 e. The highest BCUT2D eigenvalue weighted by atomic mass is 16.2. The SMILES string of the molecule is C=CC(=O)N1CC2(CCN(c3ncnc(-c4c(C)ccc5[nH]ncc45)c3C#N)CC2)C1. The van der Waals surface area contributed by atoms with Gasteiger partial charge in [0, 0.05) is 42.5 Å². The number of carbonyl (C=O) groups excluding carboxylic acids is 1. The van der Waals surface area contributed by atoms with Crippen LogP contribution in [0.25, 0.3) is 22.2 Å². The van der Waals surface area contributed by atoms with Gasteiger partial charge in [-0.1, -0.05) is 12.6 Å². The molecule has 2 aliphatic heterocycles. The van der Waals surface area contributed by atoms with Crippen LogP contribution < -0.4 is 4.90 Å². The number of nitriles is 1. The van der Waals surface area contributed by atoms with E-state index in [0.29, 0.717) is 17.1 Å². The van der Waals surface area contributed by atoms with Gasteiger partial charge in [-0.15, -0.1) is 0 Å². The maximum Gasteiger partial charge on any atom is 0.245 e. The summed E-state index contributed by atoms with van der Waals surface area (Å²) in [6.45, 7) is 8.76. The van der Waals surface area contributed by atoms with Gasteiger partial charge < -0.3 is 9.80 Å². The number of nitrogens with one attached hydrogen (secondary N) is 1. The number of likely N-dealkylation sites (tertiary alicyclic amines) is 1. The van der Waals surface area contributed by atoms with Crippen molar-refractivity contribution in [1.29, 1.82) is 5.26 Å². The van der Waals surface area contributed by atoms with E-state index in [9.17, 15) is 10.1 Å². The summed E-state index contributed by atoms with van der Waals surface area (Å²) < 4.78 is 0. The molecule has 1 amide bonds. The van der Waals surface area contributed by atoms with E-state index < -0.39 is 0 Å². The summed E-state index contributed by atoms with van der Waals surface area (Å²) in [5.41, 5.74) is 4.17. The summed E-state index contributed by atoms with van der Waals surface area (Å²) in [5, 5.41) is 18.1. The zero-order valence-electron chi connectivity index (χ0n) is 17.4. The van der Waals surface area contributed by atoms with E-state index in [2.05, 4.69) is 37.7 Å². The van der Waals surface area contributed by atoms with E-state index in [-0.39, 0.29) is 11.3 Å². The zero-order valence-corrected chi connectivity index (χ0v) is 17.4. The fourth-order valence-electron chi connectivity index (χ4n) is 4.91. The number of piperidine rings is 1. The normalized spacial score (nSPS) is 17.4. The van der Waals surface area contributed by atoms with Gasteiger partial charge in [0.1, 0.15) is 18.0 Å². The number of hydrogen-bond donors (Lipinski definition) is 1. The van der Waals surface area contributed by atoms with Crippen LogP contribution in [-0.2, 0) is 4.79 Å². The van der Waals surface area contributed by atoms with E-state index >= 15 is 0 Å². The van der Waals surface area contributed by atoms with Gasteiger partial charge in [-0.3, -0.25) is 9.89 Å². The summed E-state index contributed by atoms with van der Waals surface area (Å²) in [4.78, 5) is 24.8. The molecule has 4 heterocycles. The number of H-pyrrole nitrogens is 1. The van der Waals surface area contributed by atoms with Gasteiger partial charge >= 0.3 is 0 Å². The molecule has 2 saturated heterocycles. The fourth-order valence-corrected chi connectivity index (χ4v) is 4.91. The third-order valence-electron chi connectivity index (χ3n) is 6.67. The first-order chi connectivity index (χ1) is 15.0. The minimum atomic E-state index is 0.00376. The molecule has 3 aromatic rings. The Bertz CT molecular complexity index is 1220. The molecule has 0 atom stereocenters. The molecule has 0 bridgehead atoms. The molecule has 2 aliphatic rings.